The second kappa shape index (κ2) is 5.70. The van der Waals surface area contributed by atoms with Crippen LogP contribution in [0, 0.1) is 0 Å². The molecule has 102 valence electrons. The molecule has 0 unspecified atom stereocenters. The highest BCUT2D eigenvalue weighted by atomic mass is 32.1. The zero-order valence-electron chi connectivity index (χ0n) is 10.8. The second-order valence-electron chi connectivity index (χ2n) is 3.98. The van der Waals surface area contributed by atoms with Crippen LogP contribution in [-0.4, -0.2) is 33.4 Å². The molecule has 4 N–H and O–H groups in total. The first kappa shape index (κ1) is 13.3. The number of imidazole rings is 1. The molecule has 0 aliphatic rings. The van der Waals surface area contributed by atoms with E-state index < -0.39 is 0 Å². The summed E-state index contributed by atoms with van der Waals surface area (Å²) < 4.78 is 5.95. The van der Waals surface area contributed by atoms with E-state index in [1.54, 1.807) is 13.2 Å². The lowest BCUT2D eigenvalue weighted by atomic mass is 10.3. The number of aromatic nitrogens is 3. The number of nitrogens with two attached hydrogens (primary N) is 1. The minimum absolute atomic E-state index is 0.231. The molecule has 0 atom stereocenters. The Labute approximate surface area is 115 Å². The first-order valence-electron chi connectivity index (χ1n) is 5.80. The van der Waals surface area contributed by atoms with E-state index in [0.29, 0.717) is 17.1 Å². The lowest BCUT2D eigenvalue weighted by Crippen LogP contribution is -2.20. The van der Waals surface area contributed by atoms with Crippen molar-refractivity contribution in [2.45, 2.75) is 6.42 Å². The Balaban J connectivity index is 2.00. The van der Waals surface area contributed by atoms with E-state index in [1.807, 2.05) is 17.8 Å². The Hall–Kier alpha value is -2.09. The predicted octanol–water partition coefficient (Wildman–Crippen LogP) is 0.473. The maximum absolute atomic E-state index is 11.7. The number of carbonyl (C=O) groups excluding carboxylic acids is 1. The van der Waals surface area contributed by atoms with Gasteiger partial charge < -0.3 is 20.9 Å². The Morgan fingerprint density at radius 3 is 3.00 bits per heavy atom. The number of nitrogens with one attached hydrogen (secondary N) is 2. The number of hydrogen-bond acceptors (Lipinski definition) is 6. The molecule has 0 aliphatic heterocycles. The third kappa shape index (κ3) is 2.84. The second-order valence-corrected chi connectivity index (χ2v) is 4.76. The van der Waals surface area contributed by atoms with Crippen molar-refractivity contribution in [3.63, 3.8) is 0 Å². The SMILES string of the molecule is CNC(=O)c1c(N)nsc1NCCc1nccn1C. The van der Waals surface area contributed by atoms with Gasteiger partial charge in [-0.2, -0.15) is 4.37 Å². The summed E-state index contributed by atoms with van der Waals surface area (Å²) in [4.78, 5) is 15.9. The van der Waals surface area contributed by atoms with Crippen molar-refractivity contribution in [3.05, 3.63) is 23.8 Å². The van der Waals surface area contributed by atoms with E-state index in [2.05, 4.69) is 20.0 Å². The zero-order chi connectivity index (χ0) is 13.8. The van der Waals surface area contributed by atoms with Crippen LogP contribution in [0.15, 0.2) is 12.4 Å². The minimum Gasteiger partial charge on any atom is -0.382 e. The van der Waals surface area contributed by atoms with Gasteiger partial charge in [0, 0.05) is 39.5 Å². The summed E-state index contributed by atoms with van der Waals surface area (Å²) >= 11 is 1.19. The summed E-state index contributed by atoms with van der Waals surface area (Å²) in [5.74, 6) is 1.00. The molecule has 0 fully saturated rings. The number of carbonyl (C=O) groups is 1. The van der Waals surface area contributed by atoms with Crippen molar-refractivity contribution >= 4 is 28.3 Å². The van der Waals surface area contributed by atoms with Crippen molar-refractivity contribution in [2.24, 2.45) is 7.05 Å². The van der Waals surface area contributed by atoms with Gasteiger partial charge in [-0.1, -0.05) is 0 Å². The number of rotatable bonds is 5. The van der Waals surface area contributed by atoms with Crippen LogP contribution >= 0.6 is 11.5 Å². The molecular weight excluding hydrogens is 264 g/mol. The molecule has 8 heteroatoms. The molecule has 1 amide bonds. The number of amides is 1. The number of hydrogen-bond donors (Lipinski definition) is 3. The first-order valence-corrected chi connectivity index (χ1v) is 6.58. The van der Waals surface area contributed by atoms with E-state index in [-0.39, 0.29) is 11.7 Å². The van der Waals surface area contributed by atoms with Gasteiger partial charge in [0.15, 0.2) is 5.82 Å². The highest BCUT2D eigenvalue weighted by Crippen LogP contribution is 2.26. The highest BCUT2D eigenvalue weighted by Gasteiger charge is 2.17. The average Bonchev–Trinajstić information content (AvgIpc) is 2.96. The minimum atomic E-state index is -0.231. The number of nitrogen functional groups attached to an aromatic ring is 1. The van der Waals surface area contributed by atoms with E-state index in [1.165, 1.54) is 11.5 Å². The van der Waals surface area contributed by atoms with Crippen LogP contribution in [0.2, 0.25) is 0 Å². The summed E-state index contributed by atoms with van der Waals surface area (Å²) in [5, 5.41) is 6.42. The molecule has 0 spiro atoms. The van der Waals surface area contributed by atoms with Crippen LogP contribution in [0.3, 0.4) is 0 Å². The smallest absolute Gasteiger partial charge is 0.257 e. The summed E-state index contributed by atoms with van der Waals surface area (Å²) in [7, 11) is 3.51. The topological polar surface area (TPSA) is 97.9 Å². The third-order valence-electron chi connectivity index (χ3n) is 2.73. The molecule has 7 nitrogen and oxygen atoms in total. The van der Waals surface area contributed by atoms with Gasteiger partial charge in [0.05, 0.1) is 0 Å². The Morgan fingerprint density at radius 2 is 2.37 bits per heavy atom. The maximum Gasteiger partial charge on any atom is 0.257 e. The summed E-state index contributed by atoms with van der Waals surface area (Å²) in [6.07, 6.45) is 4.42. The highest BCUT2D eigenvalue weighted by molar-refractivity contribution is 7.11. The third-order valence-corrected chi connectivity index (χ3v) is 3.55. The predicted molar refractivity (Wildman–Crippen MR) is 75.3 cm³/mol. The molecule has 2 heterocycles. The summed E-state index contributed by atoms with van der Waals surface area (Å²) in [6.45, 7) is 0.663. The summed E-state index contributed by atoms with van der Waals surface area (Å²) in [5.41, 5.74) is 6.10. The van der Waals surface area contributed by atoms with E-state index >= 15 is 0 Å². The lowest BCUT2D eigenvalue weighted by Gasteiger charge is -2.06. The first-order chi connectivity index (χ1) is 9.13. The van der Waals surface area contributed by atoms with Gasteiger partial charge in [-0.25, -0.2) is 4.98 Å². The quantitative estimate of drug-likeness (QED) is 0.739. The molecule has 0 aromatic carbocycles. The van der Waals surface area contributed by atoms with Gasteiger partial charge in [0.1, 0.15) is 16.4 Å². The fourth-order valence-corrected chi connectivity index (χ4v) is 2.43. The Kier molecular flexibility index (Phi) is 4.00. The molecule has 2 rings (SSSR count). The van der Waals surface area contributed by atoms with E-state index in [4.69, 9.17) is 5.73 Å². The molecule has 2 aromatic heterocycles. The standard InChI is InChI=1S/C11H16N6OS/c1-13-10(18)8-9(12)16-19-11(8)15-4-3-7-14-5-6-17(7)2/h5-6,15H,3-4H2,1-2H3,(H2,12,16)(H,13,18). The molecule has 0 aliphatic carbocycles. The zero-order valence-corrected chi connectivity index (χ0v) is 11.6. The van der Waals surface area contributed by atoms with E-state index in [0.717, 1.165) is 12.2 Å². The molecule has 2 aromatic rings. The largest absolute Gasteiger partial charge is 0.382 e. The van der Waals surface area contributed by atoms with Crippen LogP contribution in [0.25, 0.3) is 0 Å². The monoisotopic (exact) mass is 280 g/mol. The van der Waals surface area contributed by atoms with Crippen LogP contribution in [0.1, 0.15) is 16.2 Å². The van der Waals surface area contributed by atoms with Crippen LogP contribution in [-0.2, 0) is 13.5 Å². The Morgan fingerprint density at radius 1 is 1.58 bits per heavy atom. The molecule has 0 bridgehead atoms. The lowest BCUT2D eigenvalue weighted by molar-refractivity contribution is 0.0965. The fourth-order valence-electron chi connectivity index (χ4n) is 1.69. The van der Waals surface area contributed by atoms with Crippen molar-refractivity contribution in [1.82, 2.24) is 19.2 Å². The van der Waals surface area contributed by atoms with Crippen LogP contribution < -0.4 is 16.4 Å². The molecule has 0 radical (unpaired) electrons. The van der Waals surface area contributed by atoms with Gasteiger partial charge in [0.2, 0.25) is 0 Å². The van der Waals surface area contributed by atoms with E-state index in [9.17, 15) is 4.79 Å². The molecule has 19 heavy (non-hydrogen) atoms. The van der Waals surface area contributed by atoms with Gasteiger partial charge in [-0.15, -0.1) is 0 Å². The molecule has 0 saturated heterocycles. The van der Waals surface area contributed by atoms with Crippen molar-refractivity contribution in [2.75, 3.05) is 24.6 Å². The molecule has 0 saturated carbocycles. The molecular formula is C11H16N6OS. The van der Waals surface area contributed by atoms with Crippen molar-refractivity contribution in [1.29, 1.82) is 0 Å². The van der Waals surface area contributed by atoms with Crippen molar-refractivity contribution < 1.29 is 4.79 Å². The van der Waals surface area contributed by atoms with Gasteiger partial charge in [-0.3, -0.25) is 4.79 Å². The fraction of sp³-hybridized carbons (Fsp3) is 0.364. The number of anilines is 2. The van der Waals surface area contributed by atoms with Crippen LogP contribution in [0.4, 0.5) is 10.8 Å². The average molecular weight is 280 g/mol. The van der Waals surface area contributed by atoms with Gasteiger partial charge in [-0.05, 0) is 11.5 Å². The normalized spacial score (nSPS) is 10.4. The summed E-state index contributed by atoms with van der Waals surface area (Å²) in [6, 6.07) is 0. The number of nitrogens with zero attached hydrogens (tertiary/aromatic N) is 3. The van der Waals surface area contributed by atoms with Gasteiger partial charge >= 0.3 is 0 Å². The Bertz CT molecular complexity index is 576. The van der Waals surface area contributed by atoms with Crippen LogP contribution in [0.5, 0.6) is 0 Å². The maximum atomic E-state index is 11.7. The number of aryl methyl sites for hydroxylation is 1. The van der Waals surface area contributed by atoms with Gasteiger partial charge in [0.25, 0.3) is 5.91 Å². The van der Waals surface area contributed by atoms with Crippen molar-refractivity contribution in [3.8, 4) is 0 Å².